The Morgan fingerprint density at radius 2 is 1.96 bits per heavy atom. The molecule has 24 heavy (non-hydrogen) atoms. The summed E-state index contributed by atoms with van der Waals surface area (Å²) in [5.41, 5.74) is 9.81. The maximum Gasteiger partial charge on any atom is 0.304 e. The van der Waals surface area contributed by atoms with Crippen LogP contribution in [0.2, 0.25) is 0 Å². The number of nitrogens with two attached hydrogens (primary N) is 1. The van der Waals surface area contributed by atoms with Crippen molar-refractivity contribution < 1.29 is 14.3 Å². The highest BCUT2D eigenvalue weighted by Crippen LogP contribution is 2.44. The van der Waals surface area contributed by atoms with Gasteiger partial charge in [-0.05, 0) is 46.5 Å². The Balaban J connectivity index is 2.21. The fourth-order valence-electron chi connectivity index (χ4n) is 3.15. The van der Waals surface area contributed by atoms with Crippen LogP contribution in [0.1, 0.15) is 66.7 Å². The Kier molecular flexibility index (Phi) is 7.67. The number of esters is 1. The van der Waals surface area contributed by atoms with E-state index in [4.69, 9.17) is 10.5 Å². The van der Waals surface area contributed by atoms with E-state index in [9.17, 15) is 9.59 Å². The van der Waals surface area contributed by atoms with Crippen LogP contribution < -0.4 is 11.1 Å². The molecule has 0 aromatic rings. The average Bonchev–Trinajstić information content (AvgIpc) is 2.67. The maximum atomic E-state index is 11.9. The molecule has 2 unspecified atom stereocenters. The molecule has 0 bridgehead atoms. The summed E-state index contributed by atoms with van der Waals surface area (Å²) in [6, 6.07) is 0. The Bertz CT molecular complexity index is 537. The van der Waals surface area contributed by atoms with Gasteiger partial charge in [0.25, 0.3) is 0 Å². The summed E-state index contributed by atoms with van der Waals surface area (Å²) in [5.74, 6) is -0.304. The topological polar surface area (TPSA) is 81.4 Å². The quantitative estimate of drug-likeness (QED) is 0.385. The van der Waals surface area contributed by atoms with E-state index in [0.717, 1.165) is 19.3 Å². The van der Waals surface area contributed by atoms with Crippen molar-refractivity contribution in [2.24, 2.45) is 11.1 Å². The number of allylic oxidation sites excluding steroid dienone is 4. The summed E-state index contributed by atoms with van der Waals surface area (Å²) >= 11 is 0. The van der Waals surface area contributed by atoms with E-state index in [1.54, 1.807) is 0 Å². The van der Waals surface area contributed by atoms with Crippen LogP contribution in [0.25, 0.3) is 0 Å². The first-order valence-corrected chi connectivity index (χ1v) is 8.73. The molecule has 5 nitrogen and oxygen atoms in total. The highest BCUT2D eigenvalue weighted by atomic mass is 16.5. The van der Waals surface area contributed by atoms with E-state index in [0.29, 0.717) is 19.4 Å². The van der Waals surface area contributed by atoms with Crippen molar-refractivity contribution in [1.29, 1.82) is 0 Å². The first-order valence-electron chi connectivity index (χ1n) is 8.73. The van der Waals surface area contributed by atoms with Crippen molar-refractivity contribution >= 4 is 11.9 Å². The molecular formula is C19H32N2O3. The maximum absolute atomic E-state index is 11.9. The normalized spacial score (nSPS) is 21.5. The molecule has 0 saturated heterocycles. The summed E-state index contributed by atoms with van der Waals surface area (Å²) in [6.45, 7) is 10.7. The summed E-state index contributed by atoms with van der Waals surface area (Å²) in [7, 11) is 0. The average molecular weight is 336 g/mol. The molecule has 3 N–H and O–H groups in total. The van der Waals surface area contributed by atoms with Gasteiger partial charge in [0.1, 0.15) is 0 Å². The molecule has 0 aromatic heterocycles. The number of amides is 1. The van der Waals surface area contributed by atoms with Crippen LogP contribution >= 0.6 is 0 Å². The van der Waals surface area contributed by atoms with Crippen LogP contribution in [0.4, 0.5) is 0 Å². The van der Waals surface area contributed by atoms with Gasteiger partial charge in [-0.15, -0.1) is 0 Å². The zero-order valence-corrected chi connectivity index (χ0v) is 15.7. The van der Waals surface area contributed by atoms with E-state index in [1.165, 1.54) is 23.6 Å². The minimum atomic E-state index is -0.569. The number of nitrogens with one attached hydrogen (secondary N) is 1. The minimum absolute atomic E-state index is 0.0637. The molecule has 1 rings (SSSR count). The van der Waals surface area contributed by atoms with Gasteiger partial charge in [-0.2, -0.15) is 0 Å². The molecule has 1 aliphatic rings. The molecule has 0 heterocycles. The number of hydrogen-bond acceptors (Lipinski definition) is 4. The Morgan fingerprint density at radius 3 is 2.50 bits per heavy atom. The number of rotatable bonds is 9. The summed E-state index contributed by atoms with van der Waals surface area (Å²) in [4.78, 5) is 22.7. The fraction of sp³-hybridized carbons (Fsp3) is 0.684. The van der Waals surface area contributed by atoms with Gasteiger partial charge in [-0.25, -0.2) is 0 Å². The standard InChI is InChI=1S/C19H32N2O3/c1-13-12-14(2)19(5,15(13)3)10-11-21-18(23)9-7-6-8-17(20)24-16(4)22/h12,17H,6-11,20H2,1-5H3,(H,21,23). The second-order valence-corrected chi connectivity index (χ2v) is 6.96. The third kappa shape index (κ3) is 5.78. The number of carbonyl (C=O) groups excluding carboxylic acids is 2. The Morgan fingerprint density at radius 1 is 1.29 bits per heavy atom. The van der Waals surface area contributed by atoms with Crippen molar-refractivity contribution in [3.63, 3.8) is 0 Å². The van der Waals surface area contributed by atoms with E-state index in [2.05, 4.69) is 39.1 Å². The Hall–Kier alpha value is -1.62. The molecule has 0 fully saturated rings. The monoisotopic (exact) mass is 336 g/mol. The third-order valence-corrected chi connectivity index (χ3v) is 5.13. The smallest absolute Gasteiger partial charge is 0.304 e. The van der Waals surface area contributed by atoms with E-state index in [1.807, 2.05) is 0 Å². The highest BCUT2D eigenvalue weighted by Gasteiger charge is 2.32. The summed E-state index contributed by atoms with van der Waals surface area (Å²) in [5, 5.41) is 3.01. The second kappa shape index (κ2) is 9.02. The van der Waals surface area contributed by atoms with E-state index >= 15 is 0 Å². The Labute approximate surface area is 145 Å². The lowest BCUT2D eigenvalue weighted by Gasteiger charge is -2.29. The minimum Gasteiger partial charge on any atom is -0.447 e. The van der Waals surface area contributed by atoms with Crippen LogP contribution in [-0.2, 0) is 14.3 Å². The number of carbonyl (C=O) groups is 2. The second-order valence-electron chi connectivity index (χ2n) is 6.96. The predicted molar refractivity (Wildman–Crippen MR) is 96.1 cm³/mol. The van der Waals surface area contributed by atoms with Gasteiger partial charge in [0.2, 0.25) is 5.91 Å². The zero-order valence-electron chi connectivity index (χ0n) is 15.7. The van der Waals surface area contributed by atoms with Gasteiger partial charge < -0.3 is 10.1 Å². The molecule has 0 aliphatic heterocycles. The van der Waals surface area contributed by atoms with Crippen molar-refractivity contribution in [2.75, 3.05) is 6.54 Å². The van der Waals surface area contributed by atoms with Gasteiger partial charge in [0, 0.05) is 25.3 Å². The first kappa shape index (κ1) is 20.4. The van der Waals surface area contributed by atoms with Crippen LogP contribution in [0.3, 0.4) is 0 Å². The number of hydrogen-bond donors (Lipinski definition) is 2. The van der Waals surface area contributed by atoms with E-state index in [-0.39, 0.29) is 17.3 Å². The van der Waals surface area contributed by atoms with Gasteiger partial charge in [-0.3, -0.25) is 15.3 Å². The molecule has 0 saturated carbocycles. The molecule has 1 aliphatic carbocycles. The number of unbranched alkanes of at least 4 members (excludes halogenated alkanes) is 1. The van der Waals surface area contributed by atoms with E-state index < -0.39 is 6.23 Å². The van der Waals surface area contributed by atoms with Gasteiger partial charge in [0.15, 0.2) is 6.23 Å². The molecule has 0 radical (unpaired) electrons. The van der Waals surface area contributed by atoms with Crippen LogP contribution in [0.15, 0.2) is 22.8 Å². The molecule has 2 atom stereocenters. The lowest BCUT2D eigenvalue weighted by Crippen LogP contribution is -2.30. The highest BCUT2D eigenvalue weighted by molar-refractivity contribution is 5.75. The SMILES string of the molecule is CC(=O)OC(N)CCCCC(=O)NCCC1(C)C(C)=CC(C)=C1C. The zero-order chi connectivity index (χ0) is 18.3. The van der Waals surface area contributed by atoms with Crippen LogP contribution in [-0.4, -0.2) is 24.6 Å². The number of ether oxygens (including phenoxy) is 1. The predicted octanol–water partition coefficient (Wildman–Crippen LogP) is 3.20. The van der Waals surface area contributed by atoms with Crippen molar-refractivity contribution in [3.8, 4) is 0 Å². The summed E-state index contributed by atoms with van der Waals surface area (Å²) < 4.78 is 4.85. The largest absolute Gasteiger partial charge is 0.447 e. The van der Waals surface area contributed by atoms with Gasteiger partial charge in [0.05, 0.1) is 0 Å². The van der Waals surface area contributed by atoms with Crippen molar-refractivity contribution in [1.82, 2.24) is 5.32 Å². The van der Waals surface area contributed by atoms with Crippen molar-refractivity contribution in [3.05, 3.63) is 22.8 Å². The van der Waals surface area contributed by atoms with Crippen molar-refractivity contribution in [2.45, 2.75) is 73.0 Å². The lowest BCUT2D eigenvalue weighted by molar-refractivity contribution is -0.146. The van der Waals surface area contributed by atoms with Gasteiger partial charge in [-0.1, -0.05) is 29.7 Å². The molecule has 136 valence electrons. The molecule has 5 heteroatoms. The first-order chi connectivity index (χ1) is 11.2. The lowest BCUT2D eigenvalue weighted by atomic mass is 9.77. The molecule has 0 spiro atoms. The molecule has 0 aromatic carbocycles. The third-order valence-electron chi connectivity index (χ3n) is 5.13. The fourth-order valence-corrected chi connectivity index (χ4v) is 3.15. The molecule has 1 amide bonds. The van der Waals surface area contributed by atoms with Gasteiger partial charge >= 0.3 is 5.97 Å². The van der Waals surface area contributed by atoms with Crippen LogP contribution in [0.5, 0.6) is 0 Å². The molecular weight excluding hydrogens is 304 g/mol. The summed E-state index contributed by atoms with van der Waals surface area (Å²) in [6.07, 6.45) is 5.16. The van der Waals surface area contributed by atoms with Crippen LogP contribution in [0, 0.1) is 5.41 Å².